The SMILES string of the molecule is COc1ccc(C)cc1NC(=O)Nc1ccc(N2CCN(C(=O)Nc3ccc(CO)cc3C)CC2)cc1. The number of benzene rings is 3. The maximum absolute atomic E-state index is 12.7. The van der Waals surface area contributed by atoms with Crippen LogP contribution in [-0.2, 0) is 6.61 Å². The largest absolute Gasteiger partial charge is 0.495 e. The van der Waals surface area contributed by atoms with Crippen LogP contribution in [0.2, 0.25) is 0 Å². The normalized spacial score (nSPS) is 13.2. The number of methoxy groups -OCH3 is 1. The maximum Gasteiger partial charge on any atom is 0.323 e. The Kier molecular flexibility index (Phi) is 8.15. The van der Waals surface area contributed by atoms with Crippen molar-refractivity contribution in [3.63, 3.8) is 0 Å². The summed E-state index contributed by atoms with van der Waals surface area (Å²) in [6.45, 7) is 6.44. The molecule has 4 amide bonds. The van der Waals surface area contributed by atoms with E-state index in [1.165, 1.54) is 0 Å². The van der Waals surface area contributed by atoms with Crippen LogP contribution in [0.25, 0.3) is 0 Å². The molecule has 0 bridgehead atoms. The summed E-state index contributed by atoms with van der Waals surface area (Å²) in [5.74, 6) is 0.596. The zero-order valence-corrected chi connectivity index (χ0v) is 21.4. The van der Waals surface area contributed by atoms with Gasteiger partial charge in [-0.25, -0.2) is 9.59 Å². The minimum Gasteiger partial charge on any atom is -0.495 e. The smallest absolute Gasteiger partial charge is 0.323 e. The van der Waals surface area contributed by atoms with E-state index in [-0.39, 0.29) is 18.7 Å². The molecule has 0 atom stereocenters. The van der Waals surface area contributed by atoms with Gasteiger partial charge in [0.05, 0.1) is 19.4 Å². The van der Waals surface area contributed by atoms with Crippen LogP contribution in [0.5, 0.6) is 5.75 Å². The Morgan fingerprint density at radius 3 is 2.24 bits per heavy atom. The molecule has 9 nitrogen and oxygen atoms in total. The Hall–Kier alpha value is -4.24. The molecule has 4 N–H and O–H groups in total. The summed E-state index contributed by atoms with van der Waals surface area (Å²) in [5.41, 5.74) is 5.81. The molecule has 0 unspecified atom stereocenters. The number of carbonyl (C=O) groups excluding carboxylic acids is 2. The van der Waals surface area contributed by atoms with Crippen LogP contribution in [0, 0.1) is 13.8 Å². The lowest BCUT2D eigenvalue weighted by molar-refractivity contribution is 0.208. The van der Waals surface area contributed by atoms with E-state index < -0.39 is 0 Å². The molecule has 1 aliphatic heterocycles. The standard InChI is InChI=1S/C28H33N5O4/c1-19-4-11-26(37-3)25(16-19)30-27(35)29-22-6-8-23(9-7-22)32-12-14-33(15-13-32)28(36)31-24-10-5-21(18-34)17-20(24)2/h4-11,16-17,34H,12-15,18H2,1-3H3,(H,31,36)(H2,29,30,35). The summed E-state index contributed by atoms with van der Waals surface area (Å²) in [7, 11) is 1.57. The van der Waals surface area contributed by atoms with E-state index in [1.54, 1.807) is 12.0 Å². The first-order valence-corrected chi connectivity index (χ1v) is 12.2. The minimum atomic E-state index is -0.350. The van der Waals surface area contributed by atoms with Crippen LogP contribution >= 0.6 is 0 Å². The highest BCUT2D eigenvalue weighted by Crippen LogP contribution is 2.26. The number of nitrogens with one attached hydrogen (secondary N) is 3. The van der Waals surface area contributed by atoms with Gasteiger partial charge in [0.25, 0.3) is 0 Å². The molecule has 0 radical (unpaired) electrons. The molecule has 3 aromatic carbocycles. The van der Waals surface area contributed by atoms with Crippen molar-refractivity contribution in [1.29, 1.82) is 0 Å². The van der Waals surface area contributed by atoms with Gasteiger partial charge >= 0.3 is 12.1 Å². The average molecular weight is 504 g/mol. The second-order valence-electron chi connectivity index (χ2n) is 9.04. The third kappa shape index (κ3) is 6.50. The van der Waals surface area contributed by atoms with E-state index in [4.69, 9.17) is 4.74 Å². The first-order chi connectivity index (χ1) is 17.9. The van der Waals surface area contributed by atoms with Crippen molar-refractivity contribution in [1.82, 2.24) is 4.90 Å². The zero-order chi connectivity index (χ0) is 26.4. The molecule has 1 heterocycles. The van der Waals surface area contributed by atoms with Gasteiger partial charge in [-0.3, -0.25) is 0 Å². The van der Waals surface area contributed by atoms with Crippen molar-refractivity contribution >= 4 is 34.8 Å². The molecule has 0 saturated carbocycles. The summed E-state index contributed by atoms with van der Waals surface area (Å²) >= 11 is 0. The lowest BCUT2D eigenvalue weighted by atomic mass is 10.1. The van der Waals surface area contributed by atoms with Gasteiger partial charge in [-0.1, -0.05) is 18.2 Å². The third-order valence-electron chi connectivity index (χ3n) is 6.38. The van der Waals surface area contributed by atoms with Crippen molar-refractivity contribution in [3.05, 3.63) is 77.4 Å². The summed E-state index contributed by atoms with van der Waals surface area (Å²) in [6, 6.07) is 18.3. The van der Waals surface area contributed by atoms with Gasteiger partial charge in [0.2, 0.25) is 0 Å². The molecular formula is C28H33N5O4. The van der Waals surface area contributed by atoms with Gasteiger partial charge < -0.3 is 35.6 Å². The monoisotopic (exact) mass is 503 g/mol. The molecule has 1 saturated heterocycles. The zero-order valence-electron chi connectivity index (χ0n) is 21.4. The van der Waals surface area contributed by atoms with Crippen LogP contribution in [0.1, 0.15) is 16.7 Å². The quantitative estimate of drug-likeness (QED) is 0.387. The number of anilines is 4. The molecule has 3 aromatic rings. The maximum atomic E-state index is 12.7. The van der Waals surface area contributed by atoms with Gasteiger partial charge in [-0.05, 0) is 73.0 Å². The van der Waals surface area contributed by atoms with Crippen LogP contribution in [0.3, 0.4) is 0 Å². The van der Waals surface area contributed by atoms with E-state index >= 15 is 0 Å². The number of amides is 4. The Bertz CT molecular complexity index is 1250. The summed E-state index contributed by atoms with van der Waals surface area (Å²) < 4.78 is 5.32. The third-order valence-corrected chi connectivity index (χ3v) is 6.38. The Morgan fingerprint density at radius 2 is 1.59 bits per heavy atom. The highest BCUT2D eigenvalue weighted by atomic mass is 16.5. The fraction of sp³-hybridized carbons (Fsp3) is 0.286. The highest BCUT2D eigenvalue weighted by molar-refractivity contribution is 6.00. The summed E-state index contributed by atoms with van der Waals surface area (Å²) in [5, 5.41) is 17.9. The first kappa shape index (κ1) is 25.8. The Morgan fingerprint density at radius 1 is 0.865 bits per heavy atom. The molecule has 1 fully saturated rings. The number of aliphatic hydroxyl groups is 1. The van der Waals surface area contributed by atoms with Crippen molar-refractivity contribution in [2.24, 2.45) is 0 Å². The molecule has 0 aliphatic carbocycles. The predicted octanol–water partition coefficient (Wildman–Crippen LogP) is 4.80. The molecule has 4 rings (SSSR count). The molecule has 1 aliphatic rings. The number of ether oxygens (including phenoxy) is 1. The van der Waals surface area contributed by atoms with Crippen molar-refractivity contribution in [2.75, 3.05) is 54.1 Å². The number of aryl methyl sites for hydroxylation is 2. The van der Waals surface area contributed by atoms with Gasteiger partial charge in [-0.15, -0.1) is 0 Å². The van der Waals surface area contributed by atoms with Crippen LogP contribution in [0.4, 0.5) is 32.3 Å². The van der Waals surface area contributed by atoms with Gasteiger partial charge in [-0.2, -0.15) is 0 Å². The summed E-state index contributed by atoms with van der Waals surface area (Å²) in [4.78, 5) is 29.3. The number of aliphatic hydroxyl groups excluding tert-OH is 1. The van der Waals surface area contributed by atoms with Crippen molar-refractivity contribution < 1.29 is 19.4 Å². The van der Waals surface area contributed by atoms with Gasteiger partial charge in [0.15, 0.2) is 0 Å². The Labute approximate surface area is 217 Å². The lowest BCUT2D eigenvalue weighted by Gasteiger charge is -2.36. The fourth-order valence-corrected chi connectivity index (χ4v) is 4.29. The van der Waals surface area contributed by atoms with E-state index in [2.05, 4.69) is 20.9 Å². The number of hydrogen-bond acceptors (Lipinski definition) is 5. The van der Waals surface area contributed by atoms with Crippen LogP contribution < -0.4 is 25.6 Å². The topological polar surface area (TPSA) is 106 Å². The number of hydrogen-bond donors (Lipinski definition) is 4. The van der Waals surface area contributed by atoms with Gasteiger partial charge in [0.1, 0.15) is 5.75 Å². The van der Waals surface area contributed by atoms with Crippen LogP contribution in [0.15, 0.2) is 60.7 Å². The predicted molar refractivity (Wildman–Crippen MR) is 147 cm³/mol. The van der Waals surface area contributed by atoms with E-state index in [0.29, 0.717) is 43.3 Å². The van der Waals surface area contributed by atoms with E-state index in [1.807, 2.05) is 74.5 Å². The molecule has 0 spiro atoms. The number of rotatable bonds is 6. The lowest BCUT2D eigenvalue weighted by Crippen LogP contribution is -2.50. The number of nitrogens with zero attached hydrogens (tertiary/aromatic N) is 2. The van der Waals surface area contributed by atoms with Crippen molar-refractivity contribution in [3.8, 4) is 5.75 Å². The average Bonchev–Trinajstić information content (AvgIpc) is 2.90. The second-order valence-corrected chi connectivity index (χ2v) is 9.04. The van der Waals surface area contributed by atoms with Crippen molar-refractivity contribution in [2.45, 2.75) is 20.5 Å². The van der Waals surface area contributed by atoms with Gasteiger partial charge in [0, 0.05) is 43.2 Å². The van der Waals surface area contributed by atoms with E-state index in [9.17, 15) is 14.7 Å². The second kappa shape index (κ2) is 11.7. The molecular weight excluding hydrogens is 470 g/mol. The molecule has 37 heavy (non-hydrogen) atoms. The van der Waals surface area contributed by atoms with E-state index in [0.717, 1.165) is 28.1 Å². The van der Waals surface area contributed by atoms with Crippen LogP contribution in [-0.4, -0.2) is 55.4 Å². The molecule has 0 aromatic heterocycles. The minimum absolute atomic E-state index is 0.0239. The fourth-order valence-electron chi connectivity index (χ4n) is 4.29. The number of urea groups is 2. The number of piperazine rings is 1. The summed E-state index contributed by atoms with van der Waals surface area (Å²) in [6.07, 6.45) is 0. The number of carbonyl (C=O) groups is 2. The molecule has 194 valence electrons. The Balaban J connectivity index is 1.28. The first-order valence-electron chi connectivity index (χ1n) is 12.2. The highest BCUT2D eigenvalue weighted by Gasteiger charge is 2.22. The molecule has 9 heteroatoms.